The molecule has 5 rings (SSSR count). The summed E-state index contributed by atoms with van der Waals surface area (Å²) < 4.78 is 0. The van der Waals surface area contributed by atoms with Gasteiger partial charge in [-0.3, -0.25) is 4.79 Å². The Morgan fingerprint density at radius 2 is 1.66 bits per heavy atom. The first-order valence-electron chi connectivity index (χ1n) is 11.3. The van der Waals surface area contributed by atoms with Crippen LogP contribution in [-0.4, -0.2) is 17.9 Å². The molecule has 1 saturated heterocycles. The number of halogens is 2. The number of nitriles is 2. The third-order valence-electron chi connectivity index (χ3n) is 7.14. The highest BCUT2D eigenvalue weighted by Gasteiger charge is 2.64. The van der Waals surface area contributed by atoms with Gasteiger partial charge in [-0.2, -0.15) is 10.5 Å². The first kappa shape index (κ1) is 23.2. The second-order valence-corrected chi connectivity index (χ2v) is 9.92. The number of carbonyl (C=O) groups is 1. The van der Waals surface area contributed by atoms with Crippen molar-refractivity contribution < 1.29 is 4.79 Å². The number of fused-ring (bicyclic) bond motifs is 3. The summed E-state index contributed by atoms with van der Waals surface area (Å²) in [6.07, 6.45) is 3.76. The first-order chi connectivity index (χ1) is 16.8. The quantitative estimate of drug-likeness (QED) is 0.369. The van der Waals surface area contributed by atoms with Crippen molar-refractivity contribution in [3.05, 3.63) is 105 Å². The van der Waals surface area contributed by atoms with E-state index in [1.54, 1.807) is 18.2 Å². The number of hydrogen-bond acceptors (Lipinski definition) is 4. The molecule has 0 unspecified atom stereocenters. The molecule has 0 aliphatic carbocycles. The molecule has 2 aliphatic rings. The number of ketones is 1. The summed E-state index contributed by atoms with van der Waals surface area (Å²) in [7, 11) is 0. The standard InChI is InChI=1S/C29H21Cl2N3O/c1-17-10-12-20(18(2)14-17)28(35)27-26(25-21(30)7-5-8-22(25)31)29(15-32,16-33)24-13-11-19-6-3-4-9-23(19)34(24)27/h3-14,24,26-27H,1-2H3/t24-,26-,27+/m0/s1. The maximum absolute atomic E-state index is 14.4. The van der Waals surface area contributed by atoms with Crippen LogP contribution in [0.15, 0.2) is 66.7 Å². The Bertz CT molecular complexity index is 1450. The highest BCUT2D eigenvalue weighted by molar-refractivity contribution is 6.36. The van der Waals surface area contributed by atoms with Crippen molar-refractivity contribution in [2.24, 2.45) is 5.41 Å². The Labute approximate surface area is 214 Å². The number of carbonyl (C=O) groups excluding carboxylic acids is 1. The number of para-hydroxylation sites is 1. The Balaban J connectivity index is 1.84. The lowest BCUT2D eigenvalue weighted by atomic mass is 9.69. The van der Waals surface area contributed by atoms with Gasteiger partial charge in [0.15, 0.2) is 11.2 Å². The molecule has 35 heavy (non-hydrogen) atoms. The van der Waals surface area contributed by atoms with Crippen LogP contribution in [0, 0.1) is 41.9 Å². The van der Waals surface area contributed by atoms with Gasteiger partial charge >= 0.3 is 0 Å². The van der Waals surface area contributed by atoms with Gasteiger partial charge in [-0.05, 0) is 48.7 Å². The summed E-state index contributed by atoms with van der Waals surface area (Å²) in [5.41, 5.74) is 2.99. The molecule has 0 saturated carbocycles. The molecular weight excluding hydrogens is 477 g/mol. The SMILES string of the molecule is Cc1ccc(C(=O)[C@H]2[C@H](c3c(Cl)cccc3Cl)C(C#N)(C#N)[C@@H]3C=Cc4ccccc4N32)c(C)c1. The lowest BCUT2D eigenvalue weighted by molar-refractivity contribution is 0.0950. The Hall–Kier alpha value is -3.57. The van der Waals surface area contributed by atoms with Crippen molar-refractivity contribution in [1.29, 1.82) is 10.5 Å². The molecule has 3 aromatic carbocycles. The molecular formula is C29H21Cl2N3O. The number of benzene rings is 3. The lowest BCUT2D eigenvalue weighted by Crippen LogP contribution is -2.44. The van der Waals surface area contributed by atoms with E-state index >= 15 is 0 Å². The Morgan fingerprint density at radius 1 is 0.971 bits per heavy atom. The Kier molecular flexibility index (Phi) is 5.68. The van der Waals surface area contributed by atoms with Crippen LogP contribution in [0.25, 0.3) is 6.08 Å². The van der Waals surface area contributed by atoms with Crippen molar-refractivity contribution in [2.75, 3.05) is 4.90 Å². The van der Waals surface area contributed by atoms with E-state index in [1.165, 1.54) is 0 Å². The number of anilines is 1. The van der Waals surface area contributed by atoms with Gasteiger partial charge < -0.3 is 4.90 Å². The number of aryl methyl sites for hydroxylation is 2. The second-order valence-electron chi connectivity index (χ2n) is 9.10. The maximum Gasteiger partial charge on any atom is 0.186 e. The van der Waals surface area contributed by atoms with E-state index in [-0.39, 0.29) is 5.78 Å². The van der Waals surface area contributed by atoms with Gasteiger partial charge in [-0.15, -0.1) is 0 Å². The summed E-state index contributed by atoms with van der Waals surface area (Å²) in [6, 6.07) is 21.5. The summed E-state index contributed by atoms with van der Waals surface area (Å²) in [5, 5.41) is 21.7. The van der Waals surface area contributed by atoms with Gasteiger partial charge in [-0.25, -0.2) is 0 Å². The fourth-order valence-electron chi connectivity index (χ4n) is 5.61. The van der Waals surface area contributed by atoms with Gasteiger partial charge in [0.25, 0.3) is 0 Å². The van der Waals surface area contributed by atoms with Crippen molar-refractivity contribution in [2.45, 2.75) is 31.8 Å². The molecule has 0 radical (unpaired) electrons. The molecule has 3 aromatic rings. The second kappa shape index (κ2) is 8.58. The van der Waals surface area contributed by atoms with Crippen molar-refractivity contribution in [3.8, 4) is 12.1 Å². The minimum Gasteiger partial charge on any atom is -0.351 e. The van der Waals surface area contributed by atoms with E-state index in [4.69, 9.17) is 23.2 Å². The number of nitrogens with zero attached hydrogens (tertiary/aromatic N) is 3. The minimum absolute atomic E-state index is 0.175. The fourth-order valence-corrected chi connectivity index (χ4v) is 6.24. The summed E-state index contributed by atoms with van der Waals surface area (Å²) >= 11 is 13.3. The average molecular weight is 498 g/mol. The van der Waals surface area contributed by atoms with Gasteiger partial charge in [0.05, 0.1) is 18.2 Å². The first-order valence-corrected chi connectivity index (χ1v) is 12.0. The topological polar surface area (TPSA) is 67.9 Å². The van der Waals surface area contributed by atoms with E-state index in [0.29, 0.717) is 21.2 Å². The molecule has 2 aliphatic heterocycles. The zero-order valence-electron chi connectivity index (χ0n) is 19.2. The predicted molar refractivity (Wildman–Crippen MR) is 139 cm³/mol. The van der Waals surface area contributed by atoms with Crippen molar-refractivity contribution in [3.63, 3.8) is 0 Å². The molecule has 0 spiro atoms. The minimum atomic E-state index is -1.60. The molecule has 6 heteroatoms. The zero-order chi connectivity index (χ0) is 24.9. The van der Waals surface area contributed by atoms with Crippen LogP contribution >= 0.6 is 23.2 Å². The van der Waals surface area contributed by atoms with Crippen LogP contribution < -0.4 is 4.90 Å². The highest BCUT2D eigenvalue weighted by Crippen LogP contribution is 2.57. The van der Waals surface area contributed by atoms with Crippen LogP contribution in [-0.2, 0) is 0 Å². The van der Waals surface area contributed by atoms with Crippen LogP contribution in [0.1, 0.15) is 38.5 Å². The molecule has 0 bridgehead atoms. The lowest BCUT2D eigenvalue weighted by Gasteiger charge is -2.35. The number of Topliss-reactive ketones (excluding diaryl/α,β-unsaturated/α-hetero) is 1. The van der Waals surface area contributed by atoms with Crippen LogP contribution in [0.2, 0.25) is 10.0 Å². The highest BCUT2D eigenvalue weighted by atomic mass is 35.5. The third kappa shape index (κ3) is 3.37. The van der Waals surface area contributed by atoms with Gasteiger partial charge in [0.1, 0.15) is 6.04 Å². The summed E-state index contributed by atoms with van der Waals surface area (Å²) in [6.45, 7) is 3.87. The molecule has 0 aromatic heterocycles. The van der Waals surface area contributed by atoms with E-state index in [0.717, 1.165) is 22.4 Å². The number of rotatable bonds is 3. The van der Waals surface area contributed by atoms with E-state index in [1.807, 2.05) is 73.4 Å². The molecule has 1 fully saturated rings. The van der Waals surface area contributed by atoms with Crippen LogP contribution in [0.4, 0.5) is 5.69 Å². The van der Waals surface area contributed by atoms with Crippen molar-refractivity contribution in [1.82, 2.24) is 0 Å². The van der Waals surface area contributed by atoms with Gasteiger partial charge in [-0.1, -0.05) is 83.4 Å². The molecule has 3 atom stereocenters. The molecule has 172 valence electrons. The maximum atomic E-state index is 14.4. The van der Waals surface area contributed by atoms with Crippen LogP contribution in [0.5, 0.6) is 0 Å². The monoisotopic (exact) mass is 497 g/mol. The van der Waals surface area contributed by atoms with Crippen LogP contribution in [0.3, 0.4) is 0 Å². The van der Waals surface area contributed by atoms with E-state index < -0.39 is 23.4 Å². The number of hydrogen-bond donors (Lipinski definition) is 0. The summed E-state index contributed by atoms with van der Waals surface area (Å²) in [4.78, 5) is 16.3. The smallest absolute Gasteiger partial charge is 0.186 e. The largest absolute Gasteiger partial charge is 0.351 e. The average Bonchev–Trinajstić information content (AvgIpc) is 3.14. The third-order valence-corrected chi connectivity index (χ3v) is 7.80. The zero-order valence-corrected chi connectivity index (χ0v) is 20.7. The normalized spacial score (nSPS) is 21.5. The van der Waals surface area contributed by atoms with Gasteiger partial charge in [0, 0.05) is 27.2 Å². The fraction of sp³-hybridized carbons (Fsp3) is 0.207. The Morgan fingerprint density at radius 3 is 2.31 bits per heavy atom. The molecule has 0 amide bonds. The predicted octanol–water partition coefficient (Wildman–Crippen LogP) is 6.89. The molecule has 2 heterocycles. The van der Waals surface area contributed by atoms with E-state index in [2.05, 4.69) is 12.1 Å². The van der Waals surface area contributed by atoms with Crippen molar-refractivity contribution >= 4 is 40.7 Å². The summed E-state index contributed by atoms with van der Waals surface area (Å²) in [5.74, 6) is -1.06. The van der Waals surface area contributed by atoms with E-state index in [9.17, 15) is 15.3 Å². The van der Waals surface area contributed by atoms with Gasteiger partial charge in [0.2, 0.25) is 0 Å². The molecule has 0 N–H and O–H groups in total. The molecule has 4 nitrogen and oxygen atoms in total.